The molecule has 5 rings (SSSR count). The highest BCUT2D eigenvalue weighted by atomic mass is 32.1. The van der Waals surface area contributed by atoms with Crippen LogP contribution in [0, 0.1) is 0 Å². The SMILES string of the molecule is CC(OC(=O)Cc1csc(-c2cccc(Oc3ccccc3)c2)n1)c1nnc(-c2cccs2)o1. The number of esters is 1. The van der Waals surface area contributed by atoms with Crippen molar-refractivity contribution in [2.75, 3.05) is 0 Å². The Balaban J connectivity index is 1.20. The molecule has 1 atom stereocenters. The number of carbonyl (C=O) groups is 1. The molecule has 0 saturated heterocycles. The van der Waals surface area contributed by atoms with Crippen molar-refractivity contribution in [3.63, 3.8) is 0 Å². The van der Waals surface area contributed by atoms with Crippen molar-refractivity contribution >= 4 is 28.6 Å². The predicted octanol–water partition coefficient (Wildman–Crippen LogP) is 6.56. The fourth-order valence-corrected chi connectivity index (χ4v) is 4.63. The Morgan fingerprint density at radius 3 is 2.68 bits per heavy atom. The van der Waals surface area contributed by atoms with Gasteiger partial charge in [0.25, 0.3) is 11.8 Å². The Labute approximate surface area is 203 Å². The average molecular weight is 490 g/mol. The number of rotatable bonds is 8. The van der Waals surface area contributed by atoms with Crippen molar-refractivity contribution < 1.29 is 18.7 Å². The number of nitrogens with zero attached hydrogens (tertiary/aromatic N) is 3. The van der Waals surface area contributed by atoms with E-state index < -0.39 is 12.1 Å². The monoisotopic (exact) mass is 489 g/mol. The van der Waals surface area contributed by atoms with Gasteiger partial charge in [-0.3, -0.25) is 4.79 Å². The first-order valence-electron chi connectivity index (χ1n) is 10.5. The van der Waals surface area contributed by atoms with Gasteiger partial charge in [-0.15, -0.1) is 32.9 Å². The van der Waals surface area contributed by atoms with Crippen LogP contribution in [-0.4, -0.2) is 21.2 Å². The zero-order valence-electron chi connectivity index (χ0n) is 18.1. The third-order valence-corrected chi connectivity index (χ3v) is 6.56. The molecule has 0 aliphatic rings. The van der Waals surface area contributed by atoms with E-state index in [9.17, 15) is 4.79 Å². The molecule has 0 amide bonds. The number of ether oxygens (including phenoxy) is 2. The summed E-state index contributed by atoms with van der Waals surface area (Å²) >= 11 is 2.96. The molecular formula is C25H19N3O4S2. The van der Waals surface area contributed by atoms with Crippen LogP contribution in [0.4, 0.5) is 0 Å². The van der Waals surface area contributed by atoms with E-state index >= 15 is 0 Å². The van der Waals surface area contributed by atoms with Crippen LogP contribution in [0.15, 0.2) is 81.9 Å². The highest BCUT2D eigenvalue weighted by Gasteiger charge is 2.20. The number of carbonyl (C=O) groups excluding carboxylic acids is 1. The quantitative estimate of drug-likeness (QED) is 0.228. The first-order chi connectivity index (χ1) is 16.6. The number of aromatic nitrogens is 3. The standard InChI is InChI=1S/C25H19N3O4S2/c1-16(23-27-28-24(32-23)21-11-6-12-33-21)30-22(29)14-18-15-34-25(26-18)17-7-5-10-20(13-17)31-19-8-3-2-4-9-19/h2-13,15-16H,14H2,1H3. The summed E-state index contributed by atoms with van der Waals surface area (Å²) in [6.45, 7) is 1.70. The molecule has 3 heterocycles. The molecule has 0 fully saturated rings. The Morgan fingerprint density at radius 2 is 1.85 bits per heavy atom. The molecule has 0 saturated carbocycles. The van der Waals surface area contributed by atoms with Gasteiger partial charge in [0.05, 0.1) is 17.0 Å². The van der Waals surface area contributed by atoms with Gasteiger partial charge >= 0.3 is 5.97 Å². The Bertz CT molecular complexity index is 1380. The summed E-state index contributed by atoms with van der Waals surface area (Å²) in [6.07, 6.45) is -0.605. The van der Waals surface area contributed by atoms with Gasteiger partial charge in [-0.05, 0) is 42.6 Å². The highest BCUT2D eigenvalue weighted by Crippen LogP contribution is 2.30. The lowest BCUT2D eigenvalue weighted by Gasteiger charge is -2.08. The number of thiazole rings is 1. The van der Waals surface area contributed by atoms with Gasteiger partial charge in [-0.25, -0.2) is 4.98 Å². The van der Waals surface area contributed by atoms with E-state index in [1.54, 1.807) is 6.92 Å². The first-order valence-corrected chi connectivity index (χ1v) is 12.2. The first kappa shape index (κ1) is 22.0. The van der Waals surface area contributed by atoms with Gasteiger partial charge in [0.2, 0.25) is 0 Å². The molecule has 1 unspecified atom stereocenters. The molecule has 0 bridgehead atoms. The van der Waals surface area contributed by atoms with Crippen LogP contribution < -0.4 is 4.74 Å². The molecule has 3 aromatic heterocycles. The lowest BCUT2D eigenvalue weighted by atomic mass is 10.2. The molecule has 5 aromatic rings. The van der Waals surface area contributed by atoms with Crippen molar-refractivity contribution in [3.05, 3.63) is 89.1 Å². The summed E-state index contributed by atoms with van der Waals surface area (Å²) in [7, 11) is 0. The maximum atomic E-state index is 12.5. The maximum absolute atomic E-state index is 12.5. The van der Waals surface area contributed by atoms with E-state index in [2.05, 4.69) is 15.2 Å². The fourth-order valence-electron chi connectivity index (χ4n) is 3.17. The van der Waals surface area contributed by atoms with Crippen molar-refractivity contribution in [2.45, 2.75) is 19.4 Å². The highest BCUT2D eigenvalue weighted by molar-refractivity contribution is 7.13. The second-order valence-electron chi connectivity index (χ2n) is 7.32. The molecule has 0 radical (unpaired) electrons. The Kier molecular flexibility index (Phi) is 6.46. The summed E-state index contributed by atoms with van der Waals surface area (Å²) < 4.78 is 17.0. The number of hydrogen-bond donors (Lipinski definition) is 0. The third kappa shape index (κ3) is 5.22. The van der Waals surface area contributed by atoms with E-state index in [4.69, 9.17) is 13.9 Å². The fraction of sp³-hybridized carbons (Fsp3) is 0.120. The molecule has 170 valence electrons. The zero-order chi connectivity index (χ0) is 23.3. The van der Waals surface area contributed by atoms with Crippen LogP contribution in [0.25, 0.3) is 21.3 Å². The minimum Gasteiger partial charge on any atom is -0.457 e. The minimum atomic E-state index is -0.654. The molecule has 7 nitrogen and oxygen atoms in total. The molecular weight excluding hydrogens is 470 g/mol. The second kappa shape index (κ2) is 9.98. The van der Waals surface area contributed by atoms with Gasteiger partial charge in [0.1, 0.15) is 16.5 Å². The smallest absolute Gasteiger partial charge is 0.312 e. The van der Waals surface area contributed by atoms with Crippen LogP contribution in [-0.2, 0) is 16.0 Å². The van der Waals surface area contributed by atoms with Crippen molar-refractivity contribution in [1.82, 2.24) is 15.2 Å². The summed E-state index contributed by atoms with van der Waals surface area (Å²) in [4.78, 5) is 17.9. The van der Waals surface area contributed by atoms with Crippen LogP contribution in [0.2, 0.25) is 0 Å². The third-order valence-electron chi connectivity index (χ3n) is 4.77. The number of para-hydroxylation sites is 1. The average Bonchev–Trinajstić information content (AvgIpc) is 3.61. The van der Waals surface area contributed by atoms with E-state index in [-0.39, 0.29) is 12.3 Å². The summed E-state index contributed by atoms with van der Waals surface area (Å²) in [5.41, 5.74) is 1.55. The number of thiophene rings is 1. The largest absolute Gasteiger partial charge is 0.457 e. The molecule has 0 N–H and O–H groups in total. The van der Waals surface area contributed by atoms with Gasteiger partial charge in [0, 0.05) is 10.9 Å². The predicted molar refractivity (Wildman–Crippen MR) is 130 cm³/mol. The molecule has 34 heavy (non-hydrogen) atoms. The molecule has 9 heteroatoms. The normalized spacial score (nSPS) is 11.8. The maximum Gasteiger partial charge on any atom is 0.312 e. The molecule has 0 aliphatic carbocycles. The topological polar surface area (TPSA) is 87.3 Å². The summed E-state index contributed by atoms with van der Waals surface area (Å²) in [6, 6.07) is 21.1. The lowest BCUT2D eigenvalue weighted by Crippen LogP contribution is -2.12. The van der Waals surface area contributed by atoms with E-state index in [1.165, 1.54) is 22.7 Å². The van der Waals surface area contributed by atoms with Gasteiger partial charge in [0.15, 0.2) is 6.10 Å². The van der Waals surface area contributed by atoms with Crippen molar-refractivity contribution in [3.8, 4) is 32.8 Å². The van der Waals surface area contributed by atoms with Crippen molar-refractivity contribution in [2.24, 2.45) is 0 Å². The number of benzene rings is 2. The van der Waals surface area contributed by atoms with E-state index in [0.29, 0.717) is 11.6 Å². The summed E-state index contributed by atoms with van der Waals surface area (Å²) in [5.74, 6) is 1.73. The molecule has 2 aromatic carbocycles. The summed E-state index contributed by atoms with van der Waals surface area (Å²) in [5, 5.41) is 12.6. The van der Waals surface area contributed by atoms with Crippen LogP contribution in [0.1, 0.15) is 24.6 Å². The van der Waals surface area contributed by atoms with E-state index in [1.807, 2.05) is 77.5 Å². The van der Waals surface area contributed by atoms with Gasteiger partial charge < -0.3 is 13.9 Å². The minimum absolute atomic E-state index is 0.0486. The second-order valence-corrected chi connectivity index (χ2v) is 9.12. The van der Waals surface area contributed by atoms with Gasteiger partial charge in [-0.1, -0.05) is 36.4 Å². The molecule has 0 spiro atoms. The molecule has 0 aliphatic heterocycles. The Hall–Kier alpha value is -3.82. The lowest BCUT2D eigenvalue weighted by molar-refractivity contribution is -0.148. The Morgan fingerprint density at radius 1 is 1.00 bits per heavy atom. The van der Waals surface area contributed by atoms with Crippen LogP contribution in [0.3, 0.4) is 0 Å². The number of hydrogen-bond acceptors (Lipinski definition) is 9. The van der Waals surface area contributed by atoms with Crippen LogP contribution in [0.5, 0.6) is 11.5 Å². The van der Waals surface area contributed by atoms with Crippen molar-refractivity contribution in [1.29, 1.82) is 0 Å². The zero-order valence-corrected chi connectivity index (χ0v) is 19.7. The van der Waals surface area contributed by atoms with Crippen LogP contribution >= 0.6 is 22.7 Å². The van der Waals surface area contributed by atoms with Gasteiger partial charge in [-0.2, -0.15) is 0 Å². The van der Waals surface area contributed by atoms with E-state index in [0.717, 1.165) is 26.9 Å².